The minimum absolute atomic E-state index is 0.0243. The van der Waals surface area contributed by atoms with E-state index in [4.69, 9.17) is 27.9 Å². The molecule has 0 unspecified atom stereocenters. The van der Waals surface area contributed by atoms with E-state index in [1.165, 1.54) is 18.2 Å². The van der Waals surface area contributed by atoms with Gasteiger partial charge in [0.15, 0.2) is 10.8 Å². The maximum absolute atomic E-state index is 12.6. The fourth-order valence-electron chi connectivity index (χ4n) is 3.79. The summed E-state index contributed by atoms with van der Waals surface area (Å²) in [7, 11) is 1.68. The summed E-state index contributed by atoms with van der Waals surface area (Å²) < 4.78 is 6.98. The Balaban J connectivity index is 1.74. The second-order valence-corrected chi connectivity index (χ2v) is 7.84. The number of hydrogen-bond donors (Lipinski definition) is 2. The van der Waals surface area contributed by atoms with Crippen molar-refractivity contribution < 1.29 is 9.66 Å². The normalized spacial score (nSPS) is 19.2. The molecule has 1 saturated carbocycles. The van der Waals surface area contributed by atoms with Crippen molar-refractivity contribution >= 4 is 51.7 Å². The second kappa shape index (κ2) is 8.21. The number of methoxy groups -OCH3 is 1. The standard InChI is InChI=1S/C18H18Cl2N6O4/c1-30-11-5-3-10(4-6-11)25-16-14(22-18(25)27)15(20)23-17(24-16)21-12-8-9(19)2-7-13(12)26(28)29/h2,7-8,10-11H,3-6H2,1H3,(H,22,27)(H,21,23,24). The number of fused-ring (bicyclic) bond motifs is 1. The fraction of sp³-hybridized carbons (Fsp3) is 0.389. The number of ether oxygens (including phenoxy) is 1. The highest BCUT2D eigenvalue weighted by Crippen LogP contribution is 2.33. The van der Waals surface area contributed by atoms with Crippen LogP contribution >= 0.6 is 23.2 Å². The maximum Gasteiger partial charge on any atom is 0.328 e. The molecule has 0 aliphatic heterocycles. The van der Waals surface area contributed by atoms with E-state index in [2.05, 4.69) is 20.3 Å². The predicted octanol–water partition coefficient (Wildman–Crippen LogP) is 4.21. The number of nitrogens with zero attached hydrogens (tertiary/aromatic N) is 4. The number of aromatic nitrogens is 4. The summed E-state index contributed by atoms with van der Waals surface area (Å²) in [5, 5.41) is 14.5. The van der Waals surface area contributed by atoms with Crippen LogP contribution in [0, 0.1) is 10.1 Å². The number of imidazole rings is 1. The quantitative estimate of drug-likeness (QED) is 0.337. The van der Waals surface area contributed by atoms with E-state index >= 15 is 0 Å². The lowest BCUT2D eigenvalue weighted by molar-refractivity contribution is -0.383. The van der Waals surface area contributed by atoms with Gasteiger partial charge in [-0.15, -0.1) is 0 Å². The van der Waals surface area contributed by atoms with Crippen LogP contribution in [0.4, 0.5) is 17.3 Å². The van der Waals surface area contributed by atoms with E-state index < -0.39 is 4.92 Å². The third-order valence-corrected chi connectivity index (χ3v) is 5.78. The van der Waals surface area contributed by atoms with E-state index in [0.717, 1.165) is 25.7 Å². The van der Waals surface area contributed by atoms with Crippen molar-refractivity contribution in [2.75, 3.05) is 12.4 Å². The van der Waals surface area contributed by atoms with Gasteiger partial charge in [0, 0.05) is 24.2 Å². The van der Waals surface area contributed by atoms with Crippen LogP contribution in [0.3, 0.4) is 0 Å². The minimum atomic E-state index is -0.542. The first kappa shape index (κ1) is 20.6. The van der Waals surface area contributed by atoms with Crippen molar-refractivity contribution in [3.05, 3.63) is 49.0 Å². The molecule has 0 amide bonds. The van der Waals surface area contributed by atoms with Gasteiger partial charge in [0.1, 0.15) is 11.2 Å². The van der Waals surface area contributed by atoms with Crippen molar-refractivity contribution in [3.63, 3.8) is 0 Å². The van der Waals surface area contributed by atoms with Crippen LogP contribution in [-0.2, 0) is 4.74 Å². The molecule has 4 rings (SSSR count). The molecule has 0 radical (unpaired) electrons. The number of rotatable bonds is 5. The number of anilines is 2. The molecule has 1 aliphatic carbocycles. The Labute approximate surface area is 180 Å². The van der Waals surface area contributed by atoms with Gasteiger partial charge < -0.3 is 15.0 Å². The second-order valence-electron chi connectivity index (χ2n) is 7.05. The lowest BCUT2D eigenvalue weighted by Crippen LogP contribution is -2.28. The molecule has 0 saturated heterocycles. The monoisotopic (exact) mass is 452 g/mol. The summed E-state index contributed by atoms with van der Waals surface area (Å²) in [5.41, 5.74) is 0.263. The van der Waals surface area contributed by atoms with E-state index in [-0.39, 0.29) is 40.3 Å². The van der Waals surface area contributed by atoms with Crippen molar-refractivity contribution in [1.82, 2.24) is 19.5 Å². The van der Waals surface area contributed by atoms with Gasteiger partial charge in [0.05, 0.1) is 11.0 Å². The zero-order chi connectivity index (χ0) is 21.4. The summed E-state index contributed by atoms with van der Waals surface area (Å²) in [6, 6.07) is 4.04. The van der Waals surface area contributed by atoms with Crippen molar-refractivity contribution in [3.8, 4) is 0 Å². The summed E-state index contributed by atoms with van der Waals surface area (Å²) >= 11 is 12.3. The molecule has 2 aromatic heterocycles. The van der Waals surface area contributed by atoms with Gasteiger partial charge in [-0.1, -0.05) is 23.2 Å². The van der Waals surface area contributed by atoms with Crippen LogP contribution in [0.1, 0.15) is 31.7 Å². The minimum Gasteiger partial charge on any atom is -0.381 e. The first-order valence-corrected chi connectivity index (χ1v) is 10.0. The van der Waals surface area contributed by atoms with Crippen molar-refractivity contribution in [2.24, 2.45) is 0 Å². The molecule has 10 nitrogen and oxygen atoms in total. The molecule has 0 bridgehead atoms. The number of halogens is 2. The lowest BCUT2D eigenvalue weighted by Gasteiger charge is -2.28. The molecular weight excluding hydrogens is 435 g/mol. The highest BCUT2D eigenvalue weighted by atomic mass is 35.5. The van der Waals surface area contributed by atoms with Gasteiger partial charge in [-0.3, -0.25) is 14.7 Å². The van der Waals surface area contributed by atoms with E-state index in [9.17, 15) is 14.9 Å². The Morgan fingerprint density at radius 1 is 1.27 bits per heavy atom. The van der Waals surface area contributed by atoms with Crippen LogP contribution in [0.2, 0.25) is 10.2 Å². The van der Waals surface area contributed by atoms with Crippen LogP contribution in [-0.4, -0.2) is 37.7 Å². The Morgan fingerprint density at radius 2 is 2.00 bits per heavy atom. The summed E-state index contributed by atoms with van der Waals surface area (Å²) in [4.78, 5) is 34.7. The number of nitro benzene ring substituents is 1. The van der Waals surface area contributed by atoms with Gasteiger partial charge in [-0.2, -0.15) is 9.97 Å². The smallest absolute Gasteiger partial charge is 0.328 e. The molecule has 12 heteroatoms. The average molecular weight is 453 g/mol. The molecule has 0 spiro atoms. The topological polar surface area (TPSA) is 128 Å². The van der Waals surface area contributed by atoms with E-state index in [0.29, 0.717) is 16.2 Å². The first-order valence-electron chi connectivity index (χ1n) is 9.29. The van der Waals surface area contributed by atoms with Crippen LogP contribution in [0.5, 0.6) is 0 Å². The maximum atomic E-state index is 12.6. The van der Waals surface area contributed by atoms with Crippen molar-refractivity contribution in [2.45, 2.75) is 37.8 Å². The third kappa shape index (κ3) is 3.85. The molecular formula is C18H18Cl2N6O4. The Bertz CT molecular complexity index is 1170. The molecule has 1 aliphatic rings. The Morgan fingerprint density at radius 3 is 2.67 bits per heavy atom. The van der Waals surface area contributed by atoms with Gasteiger partial charge in [-0.05, 0) is 37.8 Å². The number of H-pyrrole nitrogens is 1. The van der Waals surface area contributed by atoms with Gasteiger partial charge in [0.25, 0.3) is 5.69 Å². The Kier molecular flexibility index (Phi) is 5.63. The number of nitrogens with one attached hydrogen (secondary N) is 2. The van der Waals surface area contributed by atoms with Crippen LogP contribution in [0.25, 0.3) is 11.2 Å². The average Bonchev–Trinajstić information content (AvgIpc) is 3.04. The number of nitro groups is 1. The number of hydrogen-bond acceptors (Lipinski definition) is 7. The zero-order valence-corrected chi connectivity index (χ0v) is 17.4. The first-order chi connectivity index (χ1) is 14.4. The van der Waals surface area contributed by atoms with Gasteiger partial charge in [0.2, 0.25) is 5.95 Å². The predicted molar refractivity (Wildman–Crippen MR) is 113 cm³/mol. The van der Waals surface area contributed by atoms with Crippen molar-refractivity contribution in [1.29, 1.82) is 0 Å². The number of benzene rings is 1. The largest absolute Gasteiger partial charge is 0.381 e. The zero-order valence-electron chi connectivity index (χ0n) is 15.9. The SMILES string of the molecule is COC1CCC(n2c(=O)[nH]c3c(Cl)nc(Nc4cc(Cl)ccc4[N+](=O)[O-])nc32)CC1. The van der Waals surface area contributed by atoms with Crippen LogP contribution in [0.15, 0.2) is 23.0 Å². The lowest BCUT2D eigenvalue weighted by atomic mass is 9.93. The third-order valence-electron chi connectivity index (χ3n) is 5.27. The summed E-state index contributed by atoms with van der Waals surface area (Å²) in [6.45, 7) is 0. The molecule has 2 heterocycles. The molecule has 3 aromatic rings. The van der Waals surface area contributed by atoms with Gasteiger partial charge in [-0.25, -0.2) is 4.79 Å². The van der Waals surface area contributed by atoms with Gasteiger partial charge >= 0.3 is 5.69 Å². The molecule has 0 atom stereocenters. The molecule has 1 fully saturated rings. The molecule has 158 valence electrons. The summed E-state index contributed by atoms with van der Waals surface area (Å²) in [5.74, 6) is 0.0243. The fourth-order valence-corrected chi connectivity index (χ4v) is 4.17. The van der Waals surface area contributed by atoms with E-state index in [1.54, 1.807) is 11.7 Å². The molecule has 1 aromatic carbocycles. The molecule has 30 heavy (non-hydrogen) atoms. The van der Waals surface area contributed by atoms with Crippen LogP contribution < -0.4 is 11.0 Å². The highest BCUT2D eigenvalue weighted by Gasteiger charge is 2.27. The number of aromatic amines is 1. The molecule has 2 N–H and O–H groups in total. The highest BCUT2D eigenvalue weighted by molar-refractivity contribution is 6.33. The Hall–Kier alpha value is -2.69. The van der Waals surface area contributed by atoms with E-state index in [1.807, 2.05) is 0 Å². The summed E-state index contributed by atoms with van der Waals surface area (Å²) in [6.07, 6.45) is 3.36.